The Labute approximate surface area is 132 Å². The number of hydrogen-bond donors (Lipinski definition) is 0. The number of ether oxygens (including phenoxy) is 2. The molecule has 0 amide bonds. The summed E-state index contributed by atoms with van der Waals surface area (Å²) in [6.45, 7) is 2.36. The Kier molecular flexibility index (Phi) is 5.01. The van der Waals surface area contributed by atoms with E-state index >= 15 is 0 Å². The lowest BCUT2D eigenvalue weighted by molar-refractivity contribution is 0.111. The second kappa shape index (κ2) is 6.76. The summed E-state index contributed by atoms with van der Waals surface area (Å²) < 4.78 is 13.7. The van der Waals surface area contributed by atoms with Gasteiger partial charge in [0.1, 0.15) is 18.1 Å². The van der Waals surface area contributed by atoms with Crippen LogP contribution in [0.5, 0.6) is 11.5 Å². The molecule has 0 bridgehead atoms. The number of hydrogen-bond acceptors (Lipinski definition) is 4. The normalized spacial score (nSPS) is 10.5. The van der Waals surface area contributed by atoms with E-state index in [1.165, 1.54) is 0 Å². The van der Waals surface area contributed by atoms with Crippen molar-refractivity contribution >= 4 is 22.2 Å². The molecule has 0 N–H and O–H groups in total. The highest BCUT2D eigenvalue weighted by Crippen LogP contribution is 2.27. The molecule has 0 saturated carbocycles. The summed E-state index contributed by atoms with van der Waals surface area (Å²) in [6, 6.07) is 5.11. The minimum absolute atomic E-state index is 0.318. The highest BCUT2D eigenvalue weighted by atomic mass is 79.9. The van der Waals surface area contributed by atoms with Crippen LogP contribution in [0, 0.1) is 0 Å². The molecule has 0 unspecified atom stereocenters. The first kappa shape index (κ1) is 15.6. The number of carbonyl (C=O) groups is 1. The van der Waals surface area contributed by atoms with Crippen LogP contribution < -0.4 is 9.47 Å². The van der Waals surface area contributed by atoms with Crippen molar-refractivity contribution in [1.82, 2.24) is 9.78 Å². The molecule has 112 valence electrons. The zero-order chi connectivity index (χ0) is 15.4. The van der Waals surface area contributed by atoms with Crippen LogP contribution in [0.1, 0.15) is 28.7 Å². The molecular weight excluding hydrogens is 336 g/mol. The number of rotatable bonds is 6. The van der Waals surface area contributed by atoms with Crippen LogP contribution in [-0.4, -0.2) is 23.2 Å². The fourth-order valence-electron chi connectivity index (χ4n) is 1.99. The van der Waals surface area contributed by atoms with E-state index in [0.29, 0.717) is 23.7 Å². The van der Waals surface area contributed by atoms with Crippen LogP contribution in [0.4, 0.5) is 0 Å². The molecule has 2 aromatic rings. The van der Waals surface area contributed by atoms with Gasteiger partial charge in [-0.2, -0.15) is 5.10 Å². The number of nitrogens with zero attached hydrogens (tertiary/aromatic N) is 2. The van der Waals surface area contributed by atoms with E-state index in [0.717, 1.165) is 28.6 Å². The van der Waals surface area contributed by atoms with Crippen molar-refractivity contribution in [2.45, 2.75) is 20.0 Å². The van der Waals surface area contributed by atoms with E-state index in [9.17, 15) is 4.79 Å². The Morgan fingerprint density at radius 1 is 1.43 bits per heavy atom. The van der Waals surface area contributed by atoms with E-state index < -0.39 is 0 Å². The quantitative estimate of drug-likeness (QED) is 0.749. The van der Waals surface area contributed by atoms with Crippen molar-refractivity contribution in [2.75, 3.05) is 7.11 Å². The molecular formula is C15H17BrN2O3. The van der Waals surface area contributed by atoms with E-state index in [1.54, 1.807) is 30.0 Å². The monoisotopic (exact) mass is 352 g/mol. The van der Waals surface area contributed by atoms with Gasteiger partial charge in [0.05, 0.1) is 28.5 Å². The van der Waals surface area contributed by atoms with E-state index in [-0.39, 0.29) is 0 Å². The molecule has 0 fully saturated rings. The van der Waals surface area contributed by atoms with Gasteiger partial charge in [-0.25, -0.2) is 0 Å². The highest BCUT2D eigenvalue weighted by molar-refractivity contribution is 9.10. The molecule has 5 nitrogen and oxygen atoms in total. The number of benzene rings is 1. The second-order valence-corrected chi connectivity index (χ2v) is 5.29. The molecule has 1 aromatic carbocycles. The number of aromatic nitrogens is 2. The molecule has 1 heterocycles. The smallest absolute Gasteiger partial charge is 0.153 e. The van der Waals surface area contributed by atoms with Crippen molar-refractivity contribution in [3.63, 3.8) is 0 Å². The Bertz CT molecular complexity index is 653. The lowest BCUT2D eigenvalue weighted by Crippen LogP contribution is -2.05. The van der Waals surface area contributed by atoms with Crippen molar-refractivity contribution in [3.05, 3.63) is 39.6 Å². The molecule has 6 heteroatoms. The van der Waals surface area contributed by atoms with Crippen LogP contribution in [0.3, 0.4) is 0 Å². The van der Waals surface area contributed by atoms with Crippen LogP contribution >= 0.6 is 15.9 Å². The van der Waals surface area contributed by atoms with E-state index in [2.05, 4.69) is 21.0 Å². The van der Waals surface area contributed by atoms with Crippen LogP contribution in [0.25, 0.3) is 0 Å². The molecule has 21 heavy (non-hydrogen) atoms. The first-order valence-electron chi connectivity index (χ1n) is 6.57. The molecule has 0 spiro atoms. The van der Waals surface area contributed by atoms with E-state index in [4.69, 9.17) is 9.47 Å². The highest BCUT2D eigenvalue weighted by Gasteiger charge is 2.14. The molecule has 0 aliphatic heterocycles. The predicted octanol–water partition coefficient (Wildman–Crippen LogP) is 3.15. The Balaban J connectivity index is 2.23. The number of aldehydes is 1. The lowest BCUT2D eigenvalue weighted by atomic mass is 10.2. The Hall–Kier alpha value is -1.82. The molecule has 0 atom stereocenters. The summed E-state index contributed by atoms with van der Waals surface area (Å²) >= 11 is 3.54. The number of carbonyl (C=O) groups excluding carboxylic acids is 1. The van der Waals surface area contributed by atoms with Gasteiger partial charge in [0.2, 0.25) is 0 Å². The Morgan fingerprint density at radius 2 is 2.19 bits per heavy atom. The standard InChI is InChI=1S/C15H17BrN2O3/c1-4-12-15(16)13(18(2)17-12)9-21-14-7-11(20-3)6-5-10(14)8-19/h5-8H,4,9H2,1-3H3. The maximum absolute atomic E-state index is 11.1. The molecule has 0 saturated heterocycles. The van der Waals surface area contributed by atoms with Crippen molar-refractivity contribution in [1.29, 1.82) is 0 Å². The van der Waals surface area contributed by atoms with Gasteiger partial charge in [-0.05, 0) is 34.5 Å². The molecule has 0 aliphatic rings. The fraction of sp³-hybridized carbons (Fsp3) is 0.333. The molecule has 2 rings (SSSR count). The number of aryl methyl sites for hydroxylation is 2. The maximum atomic E-state index is 11.1. The van der Waals surface area contributed by atoms with Gasteiger partial charge < -0.3 is 9.47 Å². The summed E-state index contributed by atoms with van der Waals surface area (Å²) in [7, 11) is 3.44. The van der Waals surface area contributed by atoms with Crippen LogP contribution in [-0.2, 0) is 20.1 Å². The third-order valence-corrected chi connectivity index (χ3v) is 4.13. The first-order chi connectivity index (χ1) is 10.1. The minimum atomic E-state index is 0.318. The van der Waals surface area contributed by atoms with Gasteiger partial charge in [-0.15, -0.1) is 0 Å². The van der Waals surface area contributed by atoms with Gasteiger partial charge in [0.15, 0.2) is 6.29 Å². The third kappa shape index (κ3) is 3.26. The predicted molar refractivity (Wildman–Crippen MR) is 83.0 cm³/mol. The van der Waals surface area contributed by atoms with Crippen molar-refractivity contribution in [2.24, 2.45) is 7.05 Å². The average molecular weight is 353 g/mol. The largest absolute Gasteiger partial charge is 0.497 e. The minimum Gasteiger partial charge on any atom is -0.497 e. The van der Waals surface area contributed by atoms with Gasteiger partial charge in [-0.1, -0.05) is 6.92 Å². The van der Waals surface area contributed by atoms with Crippen LogP contribution in [0.2, 0.25) is 0 Å². The third-order valence-electron chi connectivity index (χ3n) is 3.22. The molecule has 0 aliphatic carbocycles. The summed E-state index contributed by atoms with van der Waals surface area (Å²) in [6.07, 6.45) is 1.61. The van der Waals surface area contributed by atoms with Gasteiger partial charge >= 0.3 is 0 Å². The summed E-state index contributed by atoms with van der Waals surface area (Å²) in [5, 5.41) is 4.41. The summed E-state index contributed by atoms with van der Waals surface area (Å²) in [4.78, 5) is 11.1. The van der Waals surface area contributed by atoms with Crippen LogP contribution in [0.15, 0.2) is 22.7 Å². The summed E-state index contributed by atoms with van der Waals surface area (Å²) in [5.74, 6) is 1.14. The number of methoxy groups -OCH3 is 1. The van der Waals surface area contributed by atoms with Gasteiger partial charge in [0.25, 0.3) is 0 Å². The first-order valence-corrected chi connectivity index (χ1v) is 7.36. The second-order valence-electron chi connectivity index (χ2n) is 4.49. The topological polar surface area (TPSA) is 53.4 Å². The zero-order valence-corrected chi connectivity index (χ0v) is 13.8. The molecule has 0 radical (unpaired) electrons. The SMILES string of the molecule is CCc1nn(C)c(COc2cc(OC)ccc2C=O)c1Br. The fourth-order valence-corrected chi connectivity index (χ4v) is 2.72. The van der Waals surface area contributed by atoms with E-state index in [1.807, 2.05) is 14.0 Å². The lowest BCUT2D eigenvalue weighted by Gasteiger charge is -2.10. The van der Waals surface area contributed by atoms with Gasteiger partial charge in [0, 0.05) is 13.1 Å². The Morgan fingerprint density at radius 3 is 2.76 bits per heavy atom. The summed E-state index contributed by atoms with van der Waals surface area (Å²) in [5.41, 5.74) is 2.40. The zero-order valence-electron chi connectivity index (χ0n) is 12.2. The maximum Gasteiger partial charge on any atom is 0.153 e. The van der Waals surface area contributed by atoms with Gasteiger partial charge in [-0.3, -0.25) is 9.48 Å². The molecule has 1 aromatic heterocycles. The van der Waals surface area contributed by atoms with Crippen molar-refractivity contribution in [3.8, 4) is 11.5 Å². The number of halogens is 1. The average Bonchev–Trinajstić information content (AvgIpc) is 2.79. The van der Waals surface area contributed by atoms with Crippen molar-refractivity contribution < 1.29 is 14.3 Å².